The van der Waals surface area contributed by atoms with Crippen LogP contribution in [0.4, 0.5) is 17.1 Å². The number of rotatable bonds is 5. The largest absolute Gasteiger partial charge is 0.322 e. The van der Waals surface area contributed by atoms with E-state index in [1.165, 1.54) is 4.90 Å². The lowest BCUT2D eigenvalue weighted by molar-refractivity contribution is -0.122. The lowest BCUT2D eigenvalue weighted by atomic mass is 9.82. The van der Waals surface area contributed by atoms with Gasteiger partial charge in [-0.2, -0.15) is 0 Å². The lowest BCUT2D eigenvalue weighted by Gasteiger charge is -2.18. The van der Waals surface area contributed by atoms with Gasteiger partial charge in [0.25, 0.3) is 11.8 Å². The van der Waals surface area contributed by atoms with Crippen LogP contribution >= 0.6 is 0 Å². The van der Waals surface area contributed by atoms with Crippen molar-refractivity contribution >= 4 is 40.7 Å². The molecule has 36 heavy (non-hydrogen) atoms. The number of hydrogen-bond acceptors (Lipinski definition) is 4. The van der Waals surface area contributed by atoms with Crippen molar-refractivity contribution in [2.75, 3.05) is 15.5 Å². The molecule has 4 amide bonds. The van der Waals surface area contributed by atoms with Crippen LogP contribution in [0.5, 0.6) is 0 Å². The molecule has 1 fully saturated rings. The Labute approximate surface area is 208 Å². The normalized spacial score (nSPS) is 18.9. The summed E-state index contributed by atoms with van der Waals surface area (Å²) < 4.78 is 0. The first-order valence-corrected chi connectivity index (χ1v) is 11.8. The quantitative estimate of drug-likeness (QED) is 0.396. The van der Waals surface area contributed by atoms with Crippen molar-refractivity contribution in [2.45, 2.75) is 19.8 Å². The third-order valence-corrected chi connectivity index (χ3v) is 6.62. The van der Waals surface area contributed by atoms with Crippen LogP contribution in [-0.2, 0) is 9.59 Å². The molecule has 0 spiro atoms. The third kappa shape index (κ3) is 4.55. The SMILES string of the molecule is CC1=CC[C@H]2C(=O)N(c3ccc(C(=O)Nc4cccc(NC(=O)c5ccccc5)c4)cc3)C(=O)[C@H]2C1. The highest BCUT2D eigenvalue weighted by molar-refractivity contribution is 6.22. The van der Waals surface area contributed by atoms with E-state index in [1.54, 1.807) is 72.8 Å². The summed E-state index contributed by atoms with van der Waals surface area (Å²) in [5.74, 6) is -1.56. The molecular formula is C29H25N3O4. The van der Waals surface area contributed by atoms with Gasteiger partial charge in [-0.3, -0.25) is 24.1 Å². The number of fused-ring (bicyclic) bond motifs is 1. The van der Waals surface area contributed by atoms with E-state index in [2.05, 4.69) is 10.6 Å². The van der Waals surface area contributed by atoms with Gasteiger partial charge >= 0.3 is 0 Å². The average Bonchev–Trinajstić information content (AvgIpc) is 3.13. The molecule has 2 N–H and O–H groups in total. The maximum absolute atomic E-state index is 12.9. The van der Waals surface area contributed by atoms with Gasteiger partial charge in [0.2, 0.25) is 11.8 Å². The van der Waals surface area contributed by atoms with Gasteiger partial charge in [0.1, 0.15) is 0 Å². The summed E-state index contributed by atoms with van der Waals surface area (Å²) in [4.78, 5) is 52.3. The number of carbonyl (C=O) groups excluding carboxylic acids is 4. The Balaban J connectivity index is 1.25. The zero-order valence-corrected chi connectivity index (χ0v) is 19.7. The van der Waals surface area contributed by atoms with E-state index in [0.717, 1.165) is 5.57 Å². The monoisotopic (exact) mass is 479 g/mol. The number of benzene rings is 3. The van der Waals surface area contributed by atoms with E-state index in [-0.39, 0.29) is 35.5 Å². The van der Waals surface area contributed by atoms with Crippen molar-refractivity contribution in [1.82, 2.24) is 0 Å². The van der Waals surface area contributed by atoms with Crippen LogP contribution in [0.25, 0.3) is 0 Å². The number of nitrogens with zero attached hydrogens (tertiary/aromatic N) is 1. The summed E-state index contributed by atoms with van der Waals surface area (Å²) in [5, 5.41) is 5.64. The van der Waals surface area contributed by atoms with Gasteiger partial charge in [-0.25, -0.2) is 0 Å². The van der Waals surface area contributed by atoms with Crippen LogP contribution in [0, 0.1) is 11.8 Å². The second kappa shape index (κ2) is 9.62. The van der Waals surface area contributed by atoms with E-state index < -0.39 is 0 Å². The Morgan fingerprint density at radius 1 is 0.750 bits per heavy atom. The number of amides is 4. The van der Waals surface area contributed by atoms with E-state index in [4.69, 9.17) is 0 Å². The fraction of sp³-hybridized carbons (Fsp3) is 0.172. The predicted molar refractivity (Wildman–Crippen MR) is 138 cm³/mol. The molecule has 0 bridgehead atoms. The lowest BCUT2D eigenvalue weighted by Crippen LogP contribution is -2.30. The summed E-state index contributed by atoms with van der Waals surface area (Å²) in [6, 6.07) is 22.2. The van der Waals surface area contributed by atoms with Crippen LogP contribution in [0.15, 0.2) is 90.5 Å². The van der Waals surface area contributed by atoms with Gasteiger partial charge in [-0.15, -0.1) is 0 Å². The molecule has 7 nitrogen and oxygen atoms in total. The molecule has 1 saturated heterocycles. The van der Waals surface area contributed by atoms with Crippen LogP contribution < -0.4 is 15.5 Å². The molecule has 180 valence electrons. The van der Waals surface area contributed by atoms with Crippen molar-refractivity contribution in [2.24, 2.45) is 11.8 Å². The molecule has 0 aromatic heterocycles. The van der Waals surface area contributed by atoms with Crippen molar-refractivity contribution in [3.63, 3.8) is 0 Å². The molecule has 0 unspecified atom stereocenters. The molecule has 3 aromatic carbocycles. The molecule has 1 aliphatic carbocycles. The molecule has 2 atom stereocenters. The Hall–Kier alpha value is -4.52. The maximum Gasteiger partial charge on any atom is 0.255 e. The summed E-state index contributed by atoms with van der Waals surface area (Å²) in [7, 11) is 0. The van der Waals surface area contributed by atoms with Gasteiger partial charge in [-0.1, -0.05) is 35.9 Å². The fourth-order valence-corrected chi connectivity index (χ4v) is 4.72. The summed E-state index contributed by atoms with van der Waals surface area (Å²) >= 11 is 0. The van der Waals surface area contributed by atoms with Crippen LogP contribution in [0.1, 0.15) is 40.5 Å². The summed E-state index contributed by atoms with van der Waals surface area (Å²) in [6.07, 6.45) is 3.23. The molecule has 1 heterocycles. The minimum atomic E-state index is -0.347. The number of nitrogens with one attached hydrogen (secondary N) is 2. The minimum absolute atomic E-state index is 0.177. The second-order valence-electron chi connectivity index (χ2n) is 9.12. The van der Waals surface area contributed by atoms with Crippen molar-refractivity contribution in [1.29, 1.82) is 0 Å². The topological polar surface area (TPSA) is 95.6 Å². The number of hydrogen-bond donors (Lipinski definition) is 2. The molecule has 3 aromatic rings. The Morgan fingerprint density at radius 2 is 1.33 bits per heavy atom. The molecule has 7 heteroatoms. The molecule has 0 radical (unpaired) electrons. The van der Waals surface area contributed by atoms with Gasteiger partial charge in [0.15, 0.2) is 0 Å². The fourth-order valence-electron chi connectivity index (χ4n) is 4.72. The molecule has 0 saturated carbocycles. The first-order chi connectivity index (χ1) is 17.4. The third-order valence-electron chi connectivity index (χ3n) is 6.62. The first-order valence-electron chi connectivity index (χ1n) is 11.8. The Kier molecular flexibility index (Phi) is 6.21. The van der Waals surface area contributed by atoms with E-state index in [0.29, 0.717) is 41.0 Å². The van der Waals surface area contributed by atoms with E-state index in [1.807, 2.05) is 19.1 Å². The van der Waals surface area contributed by atoms with Gasteiger partial charge in [0.05, 0.1) is 17.5 Å². The minimum Gasteiger partial charge on any atom is -0.322 e. The molecular weight excluding hydrogens is 454 g/mol. The smallest absolute Gasteiger partial charge is 0.255 e. The Bertz CT molecular complexity index is 1380. The number of imide groups is 1. The number of carbonyl (C=O) groups is 4. The van der Waals surface area contributed by atoms with Crippen molar-refractivity contribution < 1.29 is 19.2 Å². The zero-order chi connectivity index (χ0) is 25.2. The van der Waals surface area contributed by atoms with Crippen molar-refractivity contribution in [3.05, 3.63) is 102 Å². The summed E-state index contributed by atoms with van der Waals surface area (Å²) in [6.45, 7) is 1.98. The molecule has 2 aliphatic rings. The van der Waals surface area contributed by atoms with Gasteiger partial charge in [-0.05, 0) is 74.4 Å². The highest BCUT2D eigenvalue weighted by Gasteiger charge is 2.48. The standard InChI is InChI=1S/C29H25N3O4/c1-18-10-15-24-25(16-18)29(36)32(28(24)35)23-13-11-20(12-14-23)27(34)31-22-9-5-8-21(17-22)30-26(33)19-6-3-2-4-7-19/h2-14,17,24-25H,15-16H2,1H3,(H,30,33)(H,31,34)/t24-,25+/m1/s1. The highest BCUT2D eigenvalue weighted by Crippen LogP contribution is 2.39. The maximum atomic E-state index is 12.9. The van der Waals surface area contributed by atoms with Crippen molar-refractivity contribution in [3.8, 4) is 0 Å². The molecule has 5 rings (SSSR count). The predicted octanol–water partition coefficient (Wildman–Crippen LogP) is 5.04. The van der Waals surface area contributed by atoms with Crippen LogP contribution in [-0.4, -0.2) is 23.6 Å². The highest BCUT2D eigenvalue weighted by atomic mass is 16.2. The van der Waals surface area contributed by atoms with E-state index >= 15 is 0 Å². The molecule has 1 aliphatic heterocycles. The Morgan fingerprint density at radius 3 is 1.97 bits per heavy atom. The van der Waals surface area contributed by atoms with Gasteiger partial charge < -0.3 is 10.6 Å². The second-order valence-corrected chi connectivity index (χ2v) is 9.12. The zero-order valence-electron chi connectivity index (χ0n) is 19.7. The summed E-state index contributed by atoms with van der Waals surface area (Å²) in [5.41, 5.74) is 3.59. The number of allylic oxidation sites excluding steroid dienone is 2. The average molecular weight is 480 g/mol. The van der Waals surface area contributed by atoms with Gasteiger partial charge in [0, 0.05) is 22.5 Å². The number of anilines is 3. The van der Waals surface area contributed by atoms with Crippen LogP contribution in [0.2, 0.25) is 0 Å². The van der Waals surface area contributed by atoms with E-state index in [9.17, 15) is 19.2 Å². The van der Waals surface area contributed by atoms with Crippen LogP contribution in [0.3, 0.4) is 0 Å². The first kappa shape index (κ1) is 23.2.